The minimum Gasteiger partial charge on any atom is -0.391 e. The van der Waals surface area contributed by atoms with E-state index in [1.54, 1.807) is 41.4 Å². The summed E-state index contributed by atoms with van der Waals surface area (Å²) in [6.45, 7) is 0.263. The standard InChI is InChI=1S/C19H13Cl2N3OS2/c20-14-7-6-13(16(21)10-14)12-25-22-11-17-18(23-19-24(17)8-9-26-19)27-15-4-2-1-3-5-15/h1-11H,12H2. The van der Waals surface area contributed by atoms with Gasteiger partial charge in [0.05, 0.1) is 6.21 Å². The molecule has 2 aromatic heterocycles. The monoisotopic (exact) mass is 433 g/mol. The number of oxime groups is 1. The molecule has 4 nitrogen and oxygen atoms in total. The zero-order chi connectivity index (χ0) is 18.6. The van der Waals surface area contributed by atoms with E-state index < -0.39 is 0 Å². The highest BCUT2D eigenvalue weighted by Crippen LogP contribution is 2.31. The van der Waals surface area contributed by atoms with Crippen LogP contribution in [0.4, 0.5) is 0 Å². The molecule has 136 valence electrons. The minimum absolute atomic E-state index is 0.263. The summed E-state index contributed by atoms with van der Waals surface area (Å²) in [4.78, 5) is 12.2. The molecule has 2 aromatic carbocycles. The molecule has 0 fully saturated rings. The molecule has 0 saturated carbocycles. The van der Waals surface area contributed by atoms with E-state index in [2.05, 4.69) is 17.3 Å². The average molecular weight is 434 g/mol. The molecule has 2 heterocycles. The van der Waals surface area contributed by atoms with Gasteiger partial charge < -0.3 is 4.84 Å². The first-order valence-electron chi connectivity index (χ1n) is 7.98. The van der Waals surface area contributed by atoms with E-state index in [9.17, 15) is 0 Å². The van der Waals surface area contributed by atoms with Crippen molar-refractivity contribution in [3.63, 3.8) is 0 Å². The van der Waals surface area contributed by atoms with E-state index in [1.807, 2.05) is 40.2 Å². The van der Waals surface area contributed by atoms with Crippen molar-refractivity contribution in [2.45, 2.75) is 16.5 Å². The van der Waals surface area contributed by atoms with Crippen LogP contribution >= 0.6 is 46.3 Å². The second-order valence-corrected chi connectivity index (χ2v) is 8.30. The molecule has 0 atom stereocenters. The second-order valence-electron chi connectivity index (χ2n) is 5.52. The van der Waals surface area contributed by atoms with Gasteiger partial charge in [0.25, 0.3) is 0 Å². The van der Waals surface area contributed by atoms with Crippen LogP contribution in [0.5, 0.6) is 0 Å². The molecule has 0 aliphatic rings. The summed E-state index contributed by atoms with van der Waals surface area (Å²) < 4.78 is 2.00. The van der Waals surface area contributed by atoms with Crippen LogP contribution in [0, 0.1) is 0 Å². The first-order chi connectivity index (χ1) is 13.2. The second kappa shape index (κ2) is 8.35. The number of benzene rings is 2. The topological polar surface area (TPSA) is 38.9 Å². The van der Waals surface area contributed by atoms with Crippen LogP contribution in [0.15, 0.2) is 75.2 Å². The first-order valence-corrected chi connectivity index (χ1v) is 10.4. The first kappa shape index (κ1) is 18.4. The minimum atomic E-state index is 0.263. The zero-order valence-corrected chi connectivity index (χ0v) is 17.0. The highest BCUT2D eigenvalue weighted by molar-refractivity contribution is 7.99. The van der Waals surface area contributed by atoms with E-state index in [4.69, 9.17) is 33.0 Å². The Morgan fingerprint density at radius 2 is 2.04 bits per heavy atom. The Morgan fingerprint density at radius 3 is 2.85 bits per heavy atom. The van der Waals surface area contributed by atoms with Crippen molar-refractivity contribution in [3.05, 3.63) is 81.4 Å². The maximum absolute atomic E-state index is 6.15. The van der Waals surface area contributed by atoms with E-state index >= 15 is 0 Å². The summed E-state index contributed by atoms with van der Waals surface area (Å²) in [5, 5.41) is 8.14. The van der Waals surface area contributed by atoms with E-state index in [0.717, 1.165) is 26.1 Å². The van der Waals surface area contributed by atoms with Crippen molar-refractivity contribution in [2.75, 3.05) is 0 Å². The lowest BCUT2D eigenvalue weighted by Crippen LogP contribution is -1.93. The molecule has 0 spiro atoms. The summed E-state index contributed by atoms with van der Waals surface area (Å²) >= 11 is 15.2. The van der Waals surface area contributed by atoms with Gasteiger partial charge in [0.1, 0.15) is 17.3 Å². The van der Waals surface area contributed by atoms with Crippen LogP contribution in [0.3, 0.4) is 0 Å². The van der Waals surface area contributed by atoms with Gasteiger partial charge in [-0.1, -0.05) is 64.4 Å². The molecule has 27 heavy (non-hydrogen) atoms. The van der Waals surface area contributed by atoms with Crippen molar-refractivity contribution < 1.29 is 4.84 Å². The molecule has 0 amide bonds. The largest absolute Gasteiger partial charge is 0.391 e. The zero-order valence-electron chi connectivity index (χ0n) is 13.9. The fourth-order valence-corrected chi connectivity index (χ4v) is 4.55. The number of aromatic nitrogens is 2. The predicted molar refractivity (Wildman–Crippen MR) is 112 cm³/mol. The van der Waals surface area contributed by atoms with Gasteiger partial charge in [-0.3, -0.25) is 4.40 Å². The van der Waals surface area contributed by atoms with Crippen LogP contribution in [-0.4, -0.2) is 15.6 Å². The number of hydrogen-bond acceptors (Lipinski definition) is 5. The Labute approximate surface area is 174 Å². The Hall–Kier alpha value is -1.99. The molecular weight excluding hydrogens is 421 g/mol. The lowest BCUT2D eigenvalue weighted by atomic mass is 10.2. The van der Waals surface area contributed by atoms with E-state index in [-0.39, 0.29) is 6.61 Å². The number of rotatable bonds is 6. The summed E-state index contributed by atoms with van der Waals surface area (Å²) in [5.74, 6) is 0. The molecule has 0 unspecified atom stereocenters. The summed E-state index contributed by atoms with van der Waals surface area (Å²) in [6.07, 6.45) is 3.65. The van der Waals surface area contributed by atoms with Gasteiger partial charge in [-0.15, -0.1) is 11.3 Å². The SMILES string of the molecule is Clc1ccc(CON=Cc2c(Sc3ccccc3)nc3sccn23)c(Cl)c1. The Morgan fingerprint density at radius 1 is 1.19 bits per heavy atom. The number of imidazole rings is 1. The lowest BCUT2D eigenvalue weighted by molar-refractivity contribution is 0.132. The average Bonchev–Trinajstić information content (AvgIpc) is 3.23. The van der Waals surface area contributed by atoms with Crippen LogP contribution in [0.25, 0.3) is 4.96 Å². The summed E-state index contributed by atoms with van der Waals surface area (Å²) in [7, 11) is 0. The van der Waals surface area contributed by atoms with Crippen molar-refractivity contribution in [1.82, 2.24) is 9.38 Å². The van der Waals surface area contributed by atoms with Crippen LogP contribution in [-0.2, 0) is 11.4 Å². The van der Waals surface area contributed by atoms with Crippen molar-refractivity contribution in [3.8, 4) is 0 Å². The molecule has 4 rings (SSSR count). The predicted octanol–water partition coefficient (Wildman–Crippen LogP) is 6.40. The smallest absolute Gasteiger partial charge is 0.195 e. The number of nitrogens with zero attached hydrogens (tertiary/aromatic N) is 3. The van der Waals surface area contributed by atoms with Gasteiger partial charge in [-0.05, 0) is 24.3 Å². The van der Waals surface area contributed by atoms with Crippen molar-refractivity contribution in [2.24, 2.45) is 5.16 Å². The molecule has 0 radical (unpaired) electrons. The van der Waals surface area contributed by atoms with Crippen LogP contribution in [0.1, 0.15) is 11.3 Å². The van der Waals surface area contributed by atoms with Crippen LogP contribution < -0.4 is 0 Å². The third-order valence-electron chi connectivity index (χ3n) is 3.71. The third-order valence-corrected chi connectivity index (χ3v) is 6.05. The summed E-state index contributed by atoms with van der Waals surface area (Å²) in [5.41, 5.74) is 1.70. The lowest BCUT2D eigenvalue weighted by Gasteiger charge is -2.03. The third kappa shape index (κ3) is 4.30. The van der Waals surface area contributed by atoms with Crippen LogP contribution in [0.2, 0.25) is 10.0 Å². The van der Waals surface area contributed by atoms with Crippen molar-refractivity contribution in [1.29, 1.82) is 0 Å². The Bertz CT molecular complexity index is 1090. The van der Waals surface area contributed by atoms with Gasteiger partial charge in [0.2, 0.25) is 0 Å². The molecule has 0 aliphatic heterocycles. The fourth-order valence-electron chi connectivity index (χ4n) is 2.41. The van der Waals surface area contributed by atoms with E-state index in [0.29, 0.717) is 10.0 Å². The molecule has 8 heteroatoms. The van der Waals surface area contributed by atoms with Gasteiger partial charge in [-0.25, -0.2) is 4.98 Å². The quantitative estimate of drug-likeness (QED) is 0.260. The summed E-state index contributed by atoms with van der Waals surface area (Å²) in [6, 6.07) is 15.4. The molecule has 0 aliphatic carbocycles. The molecule has 0 bridgehead atoms. The number of fused-ring (bicyclic) bond motifs is 1. The Kier molecular flexibility index (Phi) is 5.69. The highest BCUT2D eigenvalue weighted by atomic mass is 35.5. The molecule has 0 N–H and O–H groups in total. The Balaban J connectivity index is 1.52. The normalized spacial score (nSPS) is 11.5. The van der Waals surface area contributed by atoms with Gasteiger partial charge in [0, 0.05) is 32.1 Å². The molecular formula is C19H13Cl2N3OS2. The maximum atomic E-state index is 6.15. The van der Waals surface area contributed by atoms with Gasteiger partial charge in [0.15, 0.2) is 4.96 Å². The number of hydrogen-bond donors (Lipinski definition) is 0. The highest BCUT2D eigenvalue weighted by Gasteiger charge is 2.13. The molecule has 4 aromatic rings. The van der Waals surface area contributed by atoms with Gasteiger partial charge >= 0.3 is 0 Å². The number of halogens is 2. The number of thiazole rings is 1. The van der Waals surface area contributed by atoms with E-state index in [1.165, 1.54) is 0 Å². The van der Waals surface area contributed by atoms with Gasteiger partial charge in [-0.2, -0.15) is 0 Å². The molecule has 0 saturated heterocycles. The maximum Gasteiger partial charge on any atom is 0.195 e. The van der Waals surface area contributed by atoms with Crippen molar-refractivity contribution >= 4 is 57.5 Å². The fraction of sp³-hybridized carbons (Fsp3) is 0.0526.